The van der Waals surface area contributed by atoms with Crippen LogP contribution in [-0.2, 0) is 14.8 Å². The third-order valence-electron chi connectivity index (χ3n) is 3.27. The SMILES string of the molecule is NS(=O)(=O)c1ccc(NCC(=O)N2CCCSCC2)c(F)c1. The number of sulfonamides is 1. The molecule has 1 aromatic carbocycles. The van der Waals surface area contributed by atoms with Crippen LogP contribution in [0.1, 0.15) is 6.42 Å². The molecule has 0 unspecified atom stereocenters. The van der Waals surface area contributed by atoms with Gasteiger partial charge in [-0.1, -0.05) is 0 Å². The number of amides is 1. The van der Waals surface area contributed by atoms with Gasteiger partial charge < -0.3 is 10.2 Å². The van der Waals surface area contributed by atoms with E-state index in [9.17, 15) is 17.6 Å². The monoisotopic (exact) mass is 347 g/mol. The van der Waals surface area contributed by atoms with Crippen LogP contribution in [0.2, 0.25) is 0 Å². The number of rotatable bonds is 4. The van der Waals surface area contributed by atoms with Gasteiger partial charge in [0.15, 0.2) is 0 Å². The van der Waals surface area contributed by atoms with Gasteiger partial charge in [-0.2, -0.15) is 11.8 Å². The molecule has 0 spiro atoms. The van der Waals surface area contributed by atoms with Gasteiger partial charge in [0.05, 0.1) is 17.1 Å². The summed E-state index contributed by atoms with van der Waals surface area (Å²) >= 11 is 1.81. The van der Waals surface area contributed by atoms with E-state index in [2.05, 4.69) is 5.32 Å². The first kappa shape index (κ1) is 17.0. The zero-order valence-electron chi connectivity index (χ0n) is 11.9. The van der Waals surface area contributed by atoms with Gasteiger partial charge in [0.25, 0.3) is 0 Å². The summed E-state index contributed by atoms with van der Waals surface area (Å²) in [6.45, 7) is 1.37. The van der Waals surface area contributed by atoms with E-state index < -0.39 is 15.8 Å². The first-order valence-corrected chi connectivity index (χ1v) is 9.50. The maximum absolute atomic E-state index is 13.8. The van der Waals surface area contributed by atoms with Gasteiger partial charge >= 0.3 is 0 Å². The molecule has 0 saturated carbocycles. The first-order valence-electron chi connectivity index (χ1n) is 6.79. The van der Waals surface area contributed by atoms with Gasteiger partial charge in [0.1, 0.15) is 5.82 Å². The highest BCUT2D eigenvalue weighted by Gasteiger charge is 2.16. The average molecular weight is 347 g/mol. The minimum absolute atomic E-state index is 0.0314. The maximum Gasteiger partial charge on any atom is 0.241 e. The standard InChI is InChI=1S/C13H18FN3O3S2/c14-11-8-10(22(15,19)20)2-3-12(11)16-9-13(18)17-4-1-6-21-7-5-17/h2-3,8,16H,1,4-7,9H2,(H2,15,19,20). The Morgan fingerprint density at radius 1 is 1.36 bits per heavy atom. The number of primary sulfonamides is 1. The van der Waals surface area contributed by atoms with E-state index in [4.69, 9.17) is 5.14 Å². The summed E-state index contributed by atoms with van der Waals surface area (Å²) in [5.41, 5.74) is 0.0740. The predicted molar refractivity (Wildman–Crippen MR) is 84.8 cm³/mol. The van der Waals surface area contributed by atoms with Crippen molar-refractivity contribution < 1.29 is 17.6 Å². The number of halogens is 1. The molecule has 1 amide bonds. The fourth-order valence-electron chi connectivity index (χ4n) is 2.09. The summed E-state index contributed by atoms with van der Waals surface area (Å²) in [6, 6.07) is 3.30. The van der Waals surface area contributed by atoms with Crippen molar-refractivity contribution in [3.8, 4) is 0 Å². The van der Waals surface area contributed by atoms with Crippen LogP contribution in [0, 0.1) is 5.82 Å². The van der Waals surface area contributed by atoms with Crippen molar-refractivity contribution in [3.63, 3.8) is 0 Å². The van der Waals surface area contributed by atoms with Crippen molar-refractivity contribution in [3.05, 3.63) is 24.0 Å². The number of nitrogens with two attached hydrogens (primary N) is 1. The van der Waals surface area contributed by atoms with Gasteiger partial charge in [0, 0.05) is 18.8 Å². The minimum atomic E-state index is -3.94. The largest absolute Gasteiger partial charge is 0.374 e. The van der Waals surface area contributed by atoms with Gasteiger partial charge in [-0.15, -0.1) is 0 Å². The van der Waals surface area contributed by atoms with Crippen LogP contribution < -0.4 is 10.5 Å². The molecule has 0 aromatic heterocycles. The van der Waals surface area contributed by atoms with Crippen LogP contribution in [-0.4, -0.2) is 50.4 Å². The van der Waals surface area contributed by atoms with Gasteiger partial charge in [0.2, 0.25) is 15.9 Å². The molecule has 2 rings (SSSR count). The molecule has 0 radical (unpaired) electrons. The lowest BCUT2D eigenvalue weighted by Crippen LogP contribution is -2.37. The molecule has 0 aliphatic carbocycles. The Morgan fingerprint density at radius 2 is 2.14 bits per heavy atom. The highest BCUT2D eigenvalue weighted by molar-refractivity contribution is 7.99. The van der Waals surface area contributed by atoms with Gasteiger partial charge in [-0.05, 0) is 30.4 Å². The van der Waals surface area contributed by atoms with Crippen molar-refractivity contribution in [2.24, 2.45) is 5.14 Å². The molecule has 1 aliphatic heterocycles. The summed E-state index contributed by atoms with van der Waals surface area (Å²) in [6.07, 6.45) is 0.952. The highest BCUT2D eigenvalue weighted by atomic mass is 32.2. The molecule has 6 nitrogen and oxygen atoms in total. The molecule has 122 valence electrons. The molecule has 1 fully saturated rings. The molecule has 22 heavy (non-hydrogen) atoms. The fraction of sp³-hybridized carbons (Fsp3) is 0.462. The third kappa shape index (κ3) is 4.59. The number of carbonyl (C=O) groups is 1. The zero-order chi connectivity index (χ0) is 16.2. The Morgan fingerprint density at radius 3 is 2.82 bits per heavy atom. The summed E-state index contributed by atoms with van der Waals surface area (Å²) in [5, 5.41) is 7.63. The molecule has 3 N–H and O–H groups in total. The van der Waals surface area contributed by atoms with Crippen molar-refractivity contribution >= 4 is 33.4 Å². The number of nitrogens with zero attached hydrogens (tertiary/aromatic N) is 1. The van der Waals surface area contributed by atoms with Crippen LogP contribution >= 0.6 is 11.8 Å². The quantitative estimate of drug-likeness (QED) is 0.842. The van der Waals surface area contributed by atoms with E-state index in [1.165, 1.54) is 12.1 Å². The third-order valence-corrected chi connectivity index (χ3v) is 5.23. The smallest absolute Gasteiger partial charge is 0.241 e. The molecule has 1 saturated heterocycles. The molecule has 9 heteroatoms. The number of nitrogens with one attached hydrogen (secondary N) is 1. The van der Waals surface area contributed by atoms with Crippen molar-refractivity contribution in [1.82, 2.24) is 4.90 Å². The normalized spacial score (nSPS) is 16.2. The predicted octanol–water partition coefficient (Wildman–Crippen LogP) is 0.850. The van der Waals surface area contributed by atoms with Gasteiger partial charge in [-0.25, -0.2) is 17.9 Å². The van der Waals surface area contributed by atoms with Crippen molar-refractivity contribution in [2.75, 3.05) is 36.5 Å². The second-order valence-corrected chi connectivity index (χ2v) is 7.67. The number of hydrogen-bond donors (Lipinski definition) is 2. The molecule has 1 aliphatic rings. The van der Waals surface area contributed by atoms with E-state index in [1.54, 1.807) is 4.90 Å². The minimum Gasteiger partial charge on any atom is -0.374 e. The molecule has 0 atom stereocenters. The van der Waals surface area contributed by atoms with Crippen molar-refractivity contribution in [1.29, 1.82) is 0 Å². The second kappa shape index (κ2) is 7.30. The van der Waals surface area contributed by atoms with Crippen LogP contribution in [0.5, 0.6) is 0 Å². The second-order valence-electron chi connectivity index (χ2n) is 4.89. The molecular formula is C13H18FN3O3S2. The highest BCUT2D eigenvalue weighted by Crippen LogP contribution is 2.18. The number of hydrogen-bond acceptors (Lipinski definition) is 5. The maximum atomic E-state index is 13.8. The Bertz CT molecular complexity index is 644. The summed E-state index contributed by atoms with van der Waals surface area (Å²) in [5.74, 6) is 1.09. The summed E-state index contributed by atoms with van der Waals surface area (Å²) in [7, 11) is -3.94. The van der Waals surface area contributed by atoms with E-state index in [0.717, 1.165) is 24.0 Å². The number of thioether (sulfide) groups is 1. The van der Waals surface area contributed by atoms with E-state index >= 15 is 0 Å². The molecule has 1 heterocycles. The summed E-state index contributed by atoms with van der Waals surface area (Å²) < 4.78 is 36.1. The van der Waals surface area contributed by atoms with E-state index in [-0.39, 0.29) is 23.0 Å². The number of anilines is 1. The molecular weight excluding hydrogens is 329 g/mol. The molecule has 0 bridgehead atoms. The van der Waals surface area contributed by atoms with Crippen LogP contribution in [0.4, 0.5) is 10.1 Å². The lowest BCUT2D eigenvalue weighted by molar-refractivity contribution is -0.129. The Balaban J connectivity index is 1.97. The van der Waals surface area contributed by atoms with Crippen LogP contribution in [0.15, 0.2) is 23.1 Å². The lowest BCUT2D eigenvalue weighted by atomic mass is 10.3. The van der Waals surface area contributed by atoms with E-state index in [0.29, 0.717) is 13.1 Å². The zero-order valence-corrected chi connectivity index (χ0v) is 13.6. The Hall–Kier alpha value is -1.32. The lowest BCUT2D eigenvalue weighted by Gasteiger charge is -2.20. The first-order chi connectivity index (χ1) is 10.4. The number of benzene rings is 1. The van der Waals surface area contributed by atoms with Gasteiger partial charge in [-0.3, -0.25) is 4.79 Å². The average Bonchev–Trinajstić information content (AvgIpc) is 2.73. The van der Waals surface area contributed by atoms with Crippen LogP contribution in [0.3, 0.4) is 0 Å². The number of carbonyl (C=O) groups excluding carboxylic acids is 1. The van der Waals surface area contributed by atoms with Crippen molar-refractivity contribution in [2.45, 2.75) is 11.3 Å². The fourth-order valence-corrected chi connectivity index (χ4v) is 3.51. The van der Waals surface area contributed by atoms with Crippen LogP contribution in [0.25, 0.3) is 0 Å². The molecule has 1 aromatic rings. The Kier molecular flexibility index (Phi) is 5.65. The Labute approximate surface area is 133 Å². The summed E-state index contributed by atoms with van der Waals surface area (Å²) in [4.78, 5) is 13.5. The topological polar surface area (TPSA) is 92.5 Å². The van der Waals surface area contributed by atoms with E-state index in [1.807, 2.05) is 11.8 Å².